The van der Waals surface area contributed by atoms with E-state index in [0.717, 1.165) is 0 Å². The third kappa shape index (κ3) is 3.38. The summed E-state index contributed by atoms with van der Waals surface area (Å²) < 4.78 is 5.06. The molecule has 0 unspecified atom stereocenters. The second-order valence-electron chi connectivity index (χ2n) is 3.37. The molecule has 0 atom stereocenters. The molecule has 16 heavy (non-hydrogen) atoms. The van der Waals surface area contributed by atoms with Gasteiger partial charge in [-0.1, -0.05) is 12.1 Å². The molecule has 1 aromatic carbocycles. The minimum atomic E-state index is -0.882. The van der Waals surface area contributed by atoms with Crippen molar-refractivity contribution < 1.29 is 19.4 Å². The van der Waals surface area contributed by atoms with Crippen LogP contribution in [-0.2, 0) is 4.79 Å². The number of carbonyl (C=O) groups excluding carboxylic acids is 1. The predicted octanol–water partition coefficient (Wildman–Crippen LogP) is 2.13. The first-order valence-electron chi connectivity index (χ1n) is 5.03. The van der Waals surface area contributed by atoms with Gasteiger partial charge in [-0.25, -0.2) is 0 Å². The van der Waals surface area contributed by atoms with Crippen molar-refractivity contribution in [1.29, 1.82) is 0 Å². The fourth-order valence-electron chi connectivity index (χ4n) is 1.41. The molecule has 0 aromatic heterocycles. The maximum absolute atomic E-state index is 11.7. The summed E-state index contributed by atoms with van der Waals surface area (Å²) in [5.41, 5.74) is 0.510. The Labute approximate surface area is 93.9 Å². The molecular formula is C12H14O4. The molecule has 0 aliphatic heterocycles. The Balaban J connectivity index is 2.62. The van der Waals surface area contributed by atoms with E-state index in [-0.39, 0.29) is 18.6 Å². The van der Waals surface area contributed by atoms with Crippen LogP contribution in [-0.4, -0.2) is 24.0 Å². The van der Waals surface area contributed by atoms with Crippen molar-refractivity contribution in [3.63, 3.8) is 0 Å². The molecule has 1 rings (SSSR count). The van der Waals surface area contributed by atoms with E-state index >= 15 is 0 Å². The fraction of sp³-hybridized carbons (Fsp3) is 0.333. The van der Waals surface area contributed by atoms with Crippen molar-refractivity contribution in [3.8, 4) is 5.75 Å². The Hall–Kier alpha value is -1.84. The Morgan fingerprint density at radius 2 is 1.94 bits per heavy atom. The van der Waals surface area contributed by atoms with Crippen LogP contribution in [0, 0.1) is 0 Å². The molecule has 0 amide bonds. The normalized spacial score (nSPS) is 9.81. The van der Waals surface area contributed by atoms with Gasteiger partial charge in [-0.3, -0.25) is 9.59 Å². The molecule has 4 heteroatoms. The minimum Gasteiger partial charge on any atom is -0.496 e. The topological polar surface area (TPSA) is 63.6 Å². The van der Waals surface area contributed by atoms with E-state index in [2.05, 4.69) is 0 Å². The van der Waals surface area contributed by atoms with Crippen molar-refractivity contribution in [1.82, 2.24) is 0 Å². The van der Waals surface area contributed by atoms with E-state index in [9.17, 15) is 9.59 Å². The van der Waals surface area contributed by atoms with E-state index in [1.807, 2.05) is 0 Å². The molecule has 0 heterocycles. The lowest BCUT2D eigenvalue weighted by molar-refractivity contribution is -0.137. The Bertz CT molecular complexity index is 384. The first kappa shape index (κ1) is 12.2. The van der Waals surface area contributed by atoms with E-state index in [1.54, 1.807) is 24.3 Å². The average molecular weight is 222 g/mol. The van der Waals surface area contributed by atoms with Crippen molar-refractivity contribution in [2.75, 3.05) is 7.11 Å². The van der Waals surface area contributed by atoms with Crippen LogP contribution in [0.2, 0.25) is 0 Å². The van der Waals surface area contributed by atoms with Gasteiger partial charge in [0.2, 0.25) is 0 Å². The van der Waals surface area contributed by atoms with Crippen LogP contribution in [0.5, 0.6) is 5.75 Å². The van der Waals surface area contributed by atoms with Crippen molar-refractivity contribution >= 4 is 11.8 Å². The molecule has 86 valence electrons. The molecule has 0 saturated carbocycles. The minimum absolute atomic E-state index is 0.0148. The smallest absolute Gasteiger partial charge is 0.303 e. The van der Waals surface area contributed by atoms with Crippen molar-refractivity contribution in [3.05, 3.63) is 29.8 Å². The lowest BCUT2D eigenvalue weighted by Gasteiger charge is -2.06. The zero-order chi connectivity index (χ0) is 12.0. The third-order valence-electron chi connectivity index (χ3n) is 2.20. The lowest BCUT2D eigenvalue weighted by atomic mass is 10.0. The second kappa shape index (κ2) is 5.90. The van der Waals surface area contributed by atoms with Crippen molar-refractivity contribution in [2.24, 2.45) is 0 Å². The number of rotatable bonds is 6. The Morgan fingerprint density at radius 1 is 1.25 bits per heavy atom. The molecule has 0 aliphatic rings. The summed E-state index contributed by atoms with van der Waals surface area (Å²) in [7, 11) is 1.50. The van der Waals surface area contributed by atoms with Gasteiger partial charge >= 0.3 is 5.97 Å². The van der Waals surface area contributed by atoms with E-state index in [4.69, 9.17) is 9.84 Å². The molecule has 0 radical (unpaired) electrons. The number of hydrogen-bond donors (Lipinski definition) is 1. The summed E-state index contributed by atoms with van der Waals surface area (Å²) in [6, 6.07) is 6.94. The summed E-state index contributed by atoms with van der Waals surface area (Å²) in [4.78, 5) is 22.0. The highest BCUT2D eigenvalue weighted by molar-refractivity contribution is 5.98. The zero-order valence-corrected chi connectivity index (χ0v) is 9.10. The van der Waals surface area contributed by atoms with Crippen LogP contribution < -0.4 is 4.74 Å². The number of ether oxygens (including phenoxy) is 1. The lowest BCUT2D eigenvalue weighted by Crippen LogP contribution is -2.03. The van der Waals surface area contributed by atoms with Crippen LogP contribution in [0.1, 0.15) is 29.6 Å². The van der Waals surface area contributed by atoms with Gasteiger partial charge < -0.3 is 9.84 Å². The predicted molar refractivity (Wildman–Crippen MR) is 58.8 cm³/mol. The molecule has 0 aliphatic carbocycles. The number of aliphatic carboxylic acids is 1. The van der Waals surface area contributed by atoms with Gasteiger partial charge in [0.05, 0.1) is 12.7 Å². The number of carboxylic acids is 1. The summed E-state index contributed by atoms with van der Waals surface area (Å²) >= 11 is 0. The summed E-state index contributed by atoms with van der Waals surface area (Å²) in [5.74, 6) is -0.436. The number of methoxy groups -OCH3 is 1. The van der Waals surface area contributed by atoms with Crippen LogP contribution >= 0.6 is 0 Å². The van der Waals surface area contributed by atoms with Gasteiger partial charge in [0.25, 0.3) is 0 Å². The number of ketones is 1. The SMILES string of the molecule is COc1ccccc1C(=O)CCCC(=O)O. The second-order valence-corrected chi connectivity index (χ2v) is 3.37. The Kier molecular flexibility index (Phi) is 4.51. The molecule has 0 fully saturated rings. The highest BCUT2D eigenvalue weighted by Gasteiger charge is 2.11. The number of Topliss-reactive ketones (excluding diaryl/α,β-unsaturated/α-hetero) is 1. The number of carbonyl (C=O) groups is 2. The first-order valence-corrected chi connectivity index (χ1v) is 5.03. The average Bonchev–Trinajstić information content (AvgIpc) is 2.28. The van der Waals surface area contributed by atoms with E-state index in [1.165, 1.54) is 7.11 Å². The highest BCUT2D eigenvalue weighted by Crippen LogP contribution is 2.19. The third-order valence-corrected chi connectivity index (χ3v) is 2.20. The first-order chi connectivity index (χ1) is 7.65. The zero-order valence-electron chi connectivity index (χ0n) is 9.10. The van der Waals surface area contributed by atoms with Crippen molar-refractivity contribution in [2.45, 2.75) is 19.3 Å². The summed E-state index contributed by atoms with van der Waals surface area (Å²) in [6.45, 7) is 0. The van der Waals surface area contributed by atoms with E-state index in [0.29, 0.717) is 17.7 Å². The summed E-state index contributed by atoms with van der Waals surface area (Å²) in [5, 5.41) is 8.46. The number of carboxylic acid groups (broad SMARTS) is 1. The molecular weight excluding hydrogens is 208 g/mol. The van der Waals surface area contributed by atoms with Crippen LogP contribution in [0.3, 0.4) is 0 Å². The molecule has 0 bridgehead atoms. The van der Waals surface area contributed by atoms with Gasteiger partial charge in [0, 0.05) is 12.8 Å². The maximum Gasteiger partial charge on any atom is 0.303 e. The fourth-order valence-corrected chi connectivity index (χ4v) is 1.41. The van der Waals surface area contributed by atoms with Crippen LogP contribution in [0.4, 0.5) is 0 Å². The van der Waals surface area contributed by atoms with Gasteiger partial charge in [0.15, 0.2) is 5.78 Å². The quantitative estimate of drug-likeness (QED) is 0.749. The van der Waals surface area contributed by atoms with E-state index < -0.39 is 5.97 Å². The van der Waals surface area contributed by atoms with Gasteiger partial charge in [-0.15, -0.1) is 0 Å². The standard InChI is InChI=1S/C12H14O4/c1-16-11-7-3-2-5-9(11)10(13)6-4-8-12(14)15/h2-3,5,7H,4,6,8H2,1H3,(H,14,15). The molecule has 4 nitrogen and oxygen atoms in total. The molecule has 1 N–H and O–H groups in total. The largest absolute Gasteiger partial charge is 0.496 e. The highest BCUT2D eigenvalue weighted by atomic mass is 16.5. The Morgan fingerprint density at radius 3 is 2.56 bits per heavy atom. The van der Waals surface area contributed by atoms with Gasteiger partial charge in [-0.2, -0.15) is 0 Å². The molecule has 0 saturated heterocycles. The molecule has 1 aromatic rings. The van der Waals surface area contributed by atoms with Gasteiger partial charge in [-0.05, 0) is 18.6 Å². The monoisotopic (exact) mass is 222 g/mol. The number of hydrogen-bond acceptors (Lipinski definition) is 3. The number of para-hydroxylation sites is 1. The van der Waals surface area contributed by atoms with Gasteiger partial charge in [0.1, 0.15) is 5.75 Å². The number of benzene rings is 1. The maximum atomic E-state index is 11.7. The summed E-state index contributed by atoms with van der Waals surface area (Å²) in [6.07, 6.45) is 0.597. The van der Waals surface area contributed by atoms with Crippen LogP contribution in [0.15, 0.2) is 24.3 Å². The molecule has 0 spiro atoms. The van der Waals surface area contributed by atoms with Crippen LogP contribution in [0.25, 0.3) is 0 Å².